The van der Waals surface area contributed by atoms with E-state index in [2.05, 4.69) is 0 Å². The van der Waals surface area contributed by atoms with Crippen molar-refractivity contribution >= 4 is 11.6 Å². The highest BCUT2D eigenvalue weighted by atomic mass is 35.5. The molecule has 15 heavy (non-hydrogen) atoms. The number of hydrogen-bond donors (Lipinski definition) is 2. The number of halogens is 2. The first kappa shape index (κ1) is 12.4. The average Bonchev–Trinajstić information content (AvgIpc) is 2.22. The Morgan fingerprint density at radius 2 is 2.13 bits per heavy atom. The molecule has 0 heterocycles. The maximum Gasteiger partial charge on any atom is 0.142 e. The van der Waals surface area contributed by atoms with Crippen LogP contribution < -0.4 is 0 Å². The number of benzene rings is 1. The number of rotatable bonds is 5. The lowest BCUT2D eigenvalue weighted by atomic mass is 10.0. The molecule has 1 rings (SSSR count). The first-order valence-electron chi connectivity index (χ1n) is 4.87. The summed E-state index contributed by atoms with van der Waals surface area (Å²) in [6, 6.07) is 4.54. The predicted molar refractivity (Wildman–Crippen MR) is 57.4 cm³/mol. The van der Waals surface area contributed by atoms with Crippen molar-refractivity contribution in [3.05, 3.63) is 34.6 Å². The molecule has 84 valence electrons. The summed E-state index contributed by atoms with van der Waals surface area (Å²) in [5, 5.41) is 18.2. The quantitative estimate of drug-likeness (QED) is 0.817. The highest BCUT2D eigenvalue weighted by Crippen LogP contribution is 2.21. The molecule has 0 aliphatic rings. The Morgan fingerprint density at radius 3 is 2.80 bits per heavy atom. The van der Waals surface area contributed by atoms with E-state index in [1.54, 1.807) is 12.1 Å². The van der Waals surface area contributed by atoms with Gasteiger partial charge in [-0.15, -0.1) is 0 Å². The van der Waals surface area contributed by atoms with Crippen LogP contribution in [0.2, 0.25) is 5.02 Å². The Morgan fingerprint density at radius 1 is 1.40 bits per heavy atom. The predicted octanol–water partition coefficient (Wildman–Crippen LogP) is 2.16. The molecule has 0 saturated carbocycles. The zero-order valence-corrected chi connectivity index (χ0v) is 9.04. The summed E-state index contributed by atoms with van der Waals surface area (Å²) in [4.78, 5) is 0. The second kappa shape index (κ2) is 6.05. The van der Waals surface area contributed by atoms with Crippen LogP contribution in [0.3, 0.4) is 0 Å². The highest BCUT2D eigenvalue weighted by Gasteiger charge is 2.10. The fraction of sp³-hybridized carbons (Fsp3) is 0.455. The van der Waals surface area contributed by atoms with Gasteiger partial charge in [0.1, 0.15) is 5.82 Å². The van der Waals surface area contributed by atoms with Crippen LogP contribution in [0.25, 0.3) is 0 Å². The summed E-state index contributed by atoms with van der Waals surface area (Å²) in [5.74, 6) is -0.469. The van der Waals surface area contributed by atoms with Crippen LogP contribution in [0.1, 0.15) is 18.4 Å². The zero-order valence-electron chi connectivity index (χ0n) is 8.29. The van der Waals surface area contributed by atoms with Crippen LogP contribution in [0.4, 0.5) is 4.39 Å². The Hall–Kier alpha value is -0.640. The summed E-state index contributed by atoms with van der Waals surface area (Å²) >= 11 is 5.74. The van der Waals surface area contributed by atoms with Gasteiger partial charge in [0, 0.05) is 6.61 Å². The fourth-order valence-electron chi connectivity index (χ4n) is 1.39. The topological polar surface area (TPSA) is 40.5 Å². The molecule has 0 radical (unpaired) electrons. The van der Waals surface area contributed by atoms with Gasteiger partial charge in [-0.2, -0.15) is 0 Å². The summed E-state index contributed by atoms with van der Waals surface area (Å²) in [7, 11) is 0. The summed E-state index contributed by atoms with van der Waals surface area (Å²) in [5.41, 5.74) is 0.599. The third-order valence-corrected chi connectivity index (χ3v) is 2.61. The smallest absolute Gasteiger partial charge is 0.142 e. The van der Waals surface area contributed by atoms with E-state index in [0.717, 1.165) is 0 Å². The number of aliphatic hydroxyl groups is 2. The minimum atomic E-state index is -0.587. The van der Waals surface area contributed by atoms with E-state index in [1.165, 1.54) is 6.07 Å². The van der Waals surface area contributed by atoms with Gasteiger partial charge in [-0.3, -0.25) is 0 Å². The highest BCUT2D eigenvalue weighted by molar-refractivity contribution is 6.31. The van der Waals surface area contributed by atoms with E-state index < -0.39 is 11.9 Å². The van der Waals surface area contributed by atoms with Crippen molar-refractivity contribution in [2.24, 2.45) is 0 Å². The molecular weight excluding hydrogens is 219 g/mol. The average molecular weight is 233 g/mol. The summed E-state index contributed by atoms with van der Waals surface area (Å²) in [6.07, 6.45) is 0.755. The van der Waals surface area contributed by atoms with Gasteiger partial charge < -0.3 is 10.2 Å². The minimum absolute atomic E-state index is 0.0495. The van der Waals surface area contributed by atoms with Crippen LogP contribution in [0.5, 0.6) is 0 Å². The molecule has 0 spiro atoms. The Bertz CT molecular complexity index is 317. The Kier molecular flexibility index (Phi) is 5.02. The Balaban J connectivity index is 2.60. The lowest BCUT2D eigenvalue weighted by molar-refractivity contribution is 0.150. The molecule has 0 aliphatic heterocycles. The van der Waals surface area contributed by atoms with Crippen LogP contribution in [0, 0.1) is 5.82 Å². The summed E-state index contributed by atoms with van der Waals surface area (Å²) < 4.78 is 13.0. The van der Waals surface area contributed by atoms with E-state index in [0.29, 0.717) is 24.8 Å². The number of aliphatic hydroxyl groups excluding tert-OH is 2. The second-order valence-corrected chi connectivity index (χ2v) is 3.81. The van der Waals surface area contributed by atoms with Gasteiger partial charge in [0.15, 0.2) is 0 Å². The molecular formula is C11H14ClFO2. The molecule has 0 aromatic heterocycles. The molecule has 0 fully saturated rings. The van der Waals surface area contributed by atoms with Gasteiger partial charge in [-0.1, -0.05) is 23.7 Å². The summed E-state index contributed by atoms with van der Waals surface area (Å²) in [6.45, 7) is 0.0495. The van der Waals surface area contributed by atoms with Gasteiger partial charge >= 0.3 is 0 Å². The van der Waals surface area contributed by atoms with Crippen molar-refractivity contribution in [2.75, 3.05) is 6.61 Å². The number of hydrogen-bond acceptors (Lipinski definition) is 2. The monoisotopic (exact) mass is 232 g/mol. The van der Waals surface area contributed by atoms with Gasteiger partial charge in [0.05, 0.1) is 11.1 Å². The third kappa shape index (κ3) is 3.78. The van der Waals surface area contributed by atoms with Crippen LogP contribution in [0.15, 0.2) is 18.2 Å². The Labute approximate surface area is 93.3 Å². The molecule has 0 bridgehead atoms. The van der Waals surface area contributed by atoms with Gasteiger partial charge in [0.2, 0.25) is 0 Å². The third-order valence-electron chi connectivity index (χ3n) is 2.18. The van der Waals surface area contributed by atoms with E-state index in [-0.39, 0.29) is 11.6 Å². The fourth-order valence-corrected chi connectivity index (χ4v) is 1.59. The zero-order chi connectivity index (χ0) is 11.3. The molecule has 2 nitrogen and oxygen atoms in total. The molecule has 1 unspecified atom stereocenters. The molecule has 4 heteroatoms. The van der Waals surface area contributed by atoms with Crippen molar-refractivity contribution in [1.29, 1.82) is 0 Å². The van der Waals surface area contributed by atoms with Crippen molar-refractivity contribution < 1.29 is 14.6 Å². The van der Waals surface area contributed by atoms with Gasteiger partial charge in [0.25, 0.3) is 0 Å². The molecule has 0 aliphatic carbocycles. The van der Waals surface area contributed by atoms with Gasteiger partial charge in [-0.05, 0) is 30.9 Å². The lowest BCUT2D eigenvalue weighted by Crippen LogP contribution is -2.11. The molecule has 1 atom stereocenters. The first-order chi connectivity index (χ1) is 7.15. The van der Waals surface area contributed by atoms with Crippen LogP contribution in [-0.2, 0) is 6.42 Å². The SMILES string of the molecule is OCCCC(O)Cc1cccc(F)c1Cl. The van der Waals surface area contributed by atoms with Crippen molar-refractivity contribution in [2.45, 2.75) is 25.4 Å². The maximum absolute atomic E-state index is 13.0. The van der Waals surface area contributed by atoms with E-state index in [1.807, 2.05) is 0 Å². The first-order valence-corrected chi connectivity index (χ1v) is 5.24. The molecule has 2 N–H and O–H groups in total. The van der Waals surface area contributed by atoms with Crippen LogP contribution >= 0.6 is 11.6 Å². The second-order valence-electron chi connectivity index (χ2n) is 3.44. The lowest BCUT2D eigenvalue weighted by Gasteiger charge is -2.11. The standard InChI is InChI=1S/C11H14ClFO2/c12-11-8(3-1-5-10(11)13)7-9(15)4-2-6-14/h1,3,5,9,14-15H,2,4,6-7H2. The normalized spacial score (nSPS) is 12.8. The van der Waals surface area contributed by atoms with Crippen molar-refractivity contribution in [1.82, 2.24) is 0 Å². The molecule has 1 aromatic rings. The molecule has 0 saturated heterocycles. The molecule has 0 amide bonds. The minimum Gasteiger partial charge on any atom is -0.396 e. The molecule has 1 aromatic carbocycles. The maximum atomic E-state index is 13.0. The van der Waals surface area contributed by atoms with E-state index in [4.69, 9.17) is 16.7 Å². The van der Waals surface area contributed by atoms with Crippen molar-refractivity contribution in [3.63, 3.8) is 0 Å². The largest absolute Gasteiger partial charge is 0.396 e. The van der Waals surface area contributed by atoms with Crippen LogP contribution in [-0.4, -0.2) is 22.9 Å². The van der Waals surface area contributed by atoms with E-state index in [9.17, 15) is 9.50 Å². The van der Waals surface area contributed by atoms with Crippen molar-refractivity contribution in [3.8, 4) is 0 Å². The van der Waals surface area contributed by atoms with E-state index >= 15 is 0 Å². The van der Waals surface area contributed by atoms with Gasteiger partial charge in [-0.25, -0.2) is 4.39 Å².